The highest BCUT2D eigenvalue weighted by molar-refractivity contribution is 5.75. The van der Waals surface area contributed by atoms with E-state index in [4.69, 9.17) is 18.9 Å². The highest BCUT2D eigenvalue weighted by atomic mass is 19.1. The summed E-state index contributed by atoms with van der Waals surface area (Å²) in [4.78, 5) is 16.2. The number of hydrogen-bond donors (Lipinski definition) is 0. The number of halogens is 1. The summed E-state index contributed by atoms with van der Waals surface area (Å²) in [5, 5.41) is 0. The molecule has 5 atom stereocenters. The smallest absolute Gasteiger partial charge is 0.335 e. The molecule has 0 aromatic rings. The second-order valence-electron chi connectivity index (χ2n) is 12.3. The molecule has 4 rings (SSSR count). The first kappa shape index (κ1) is 29.2. The Morgan fingerprint density at radius 3 is 2.14 bits per heavy atom. The Hall–Kier alpha value is -0.760. The van der Waals surface area contributed by atoms with E-state index in [9.17, 15) is 9.18 Å². The zero-order valence-electron chi connectivity index (χ0n) is 23.6. The third-order valence-electron chi connectivity index (χ3n) is 10.0. The lowest BCUT2D eigenvalue weighted by atomic mass is 9.74. The Labute approximate surface area is 224 Å². The van der Waals surface area contributed by atoms with Gasteiger partial charge in [0.25, 0.3) is 0 Å². The molecule has 1 aliphatic heterocycles. The lowest BCUT2D eigenvalue weighted by molar-refractivity contribution is -0.184. The summed E-state index contributed by atoms with van der Waals surface area (Å²) in [6.45, 7) is 3.11. The van der Waals surface area contributed by atoms with Crippen LogP contribution in [0.25, 0.3) is 0 Å². The largest absolute Gasteiger partial charge is 0.460 e. The highest BCUT2D eigenvalue weighted by Gasteiger charge is 2.45. The molecule has 1 heterocycles. The van der Waals surface area contributed by atoms with Crippen molar-refractivity contribution in [2.24, 2.45) is 23.7 Å². The van der Waals surface area contributed by atoms with E-state index in [1.165, 1.54) is 6.42 Å². The average Bonchev–Trinajstić information content (AvgIpc) is 2.94. The van der Waals surface area contributed by atoms with Gasteiger partial charge in [0.15, 0.2) is 6.10 Å². The van der Waals surface area contributed by atoms with Crippen molar-refractivity contribution in [3.05, 3.63) is 0 Å². The van der Waals surface area contributed by atoms with Crippen LogP contribution >= 0.6 is 0 Å². The summed E-state index contributed by atoms with van der Waals surface area (Å²) in [6.07, 6.45) is 12.9. The minimum atomic E-state index is -0.595. The van der Waals surface area contributed by atoms with E-state index < -0.39 is 12.3 Å². The fraction of sp³-hybridized carbons (Fsp3) is 0.967. The SMILES string of the molecule is COC1CCCC(C(OC(=O)C(OC)C2CCCCC2)C2CCN(CC3CCC(F)CC3)CC2)C1OC. The first-order valence-electron chi connectivity index (χ1n) is 15.2. The van der Waals surface area contributed by atoms with Crippen molar-refractivity contribution < 1.29 is 28.1 Å². The molecule has 4 aliphatic rings. The molecule has 0 aromatic heterocycles. The number of likely N-dealkylation sites (tertiary alicyclic amines) is 1. The van der Waals surface area contributed by atoms with Crippen molar-refractivity contribution in [3.63, 3.8) is 0 Å². The van der Waals surface area contributed by atoms with Gasteiger partial charge in [-0.15, -0.1) is 0 Å². The Morgan fingerprint density at radius 1 is 0.811 bits per heavy atom. The van der Waals surface area contributed by atoms with Crippen LogP contribution in [0.15, 0.2) is 0 Å². The van der Waals surface area contributed by atoms with Crippen molar-refractivity contribution in [1.82, 2.24) is 4.90 Å². The van der Waals surface area contributed by atoms with Gasteiger partial charge in [-0.25, -0.2) is 9.18 Å². The second kappa shape index (κ2) is 14.6. The fourth-order valence-corrected chi connectivity index (χ4v) is 7.87. The molecule has 0 spiro atoms. The summed E-state index contributed by atoms with van der Waals surface area (Å²) in [5.41, 5.74) is 0. The van der Waals surface area contributed by atoms with Crippen LogP contribution < -0.4 is 0 Å². The number of esters is 1. The van der Waals surface area contributed by atoms with E-state index in [1.54, 1.807) is 21.3 Å². The Morgan fingerprint density at radius 2 is 1.51 bits per heavy atom. The van der Waals surface area contributed by atoms with Gasteiger partial charge in [-0.05, 0) is 95.1 Å². The highest BCUT2D eigenvalue weighted by Crippen LogP contribution is 2.39. The first-order chi connectivity index (χ1) is 18.0. The van der Waals surface area contributed by atoms with Crippen LogP contribution in [0.1, 0.15) is 89.9 Å². The van der Waals surface area contributed by atoms with Gasteiger partial charge in [0, 0.05) is 33.8 Å². The summed E-state index contributed by atoms with van der Waals surface area (Å²) >= 11 is 0. The third-order valence-corrected chi connectivity index (χ3v) is 10.0. The number of hydrogen-bond acceptors (Lipinski definition) is 6. The van der Waals surface area contributed by atoms with Crippen LogP contribution in [-0.4, -0.2) is 82.4 Å². The van der Waals surface area contributed by atoms with Crippen LogP contribution in [0.5, 0.6) is 0 Å². The molecule has 0 aromatic carbocycles. The molecule has 214 valence electrons. The van der Waals surface area contributed by atoms with Crippen LogP contribution in [-0.2, 0) is 23.7 Å². The van der Waals surface area contributed by atoms with Gasteiger partial charge in [-0.3, -0.25) is 0 Å². The van der Waals surface area contributed by atoms with Crippen LogP contribution in [0.4, 0.5) is 4.39 Å². The average molecular weight is 526 g/mol. The molecule has 0 bridgehead atoms. The molecular weight excluding hydrogens is 473 g/mol. The molecule has 1 saturated heterocycles. The van der Waals surface area contributed by atoms with E-state index in [0.717, 1.165) is 103 Å². The molecule has 3 saturated carbocycles. The second-order valence-corrected chi connectivity index (χ2v) is 12.3. The van der Waals surface area contributed by atoms with Gasteiger partial charge in [0.2, 0.25) is 0 Å². The summed E-state index contributed by atoms with van der Waals surface area (Å²) in [7, 11) is 5.19. The van der Waals surface area contributed by atoms with Gasteiger partial charge >= 0.3 is 5.97 Å². The number of rotatable bonds is 10. The van der Waals surface area contributed by atoms with Crippen LogP contribution in [0, 0.1) is 23.7 Å². The Bertz CT molecular complexity index is 673. The van der Waals surface area contributed by atoms with Crippen molar-refractivity contribution in [2.75, 3.05) is 41.0 Å². The predicted molar refractivity (Wildman–Crippen MR) is 142 cm³/mol. The van der Waals surface area contributed by atoms with E-state index in [2.05, 4.69) is 4.90 Å². The third kappa shape index (κ3) is 7.67. The van der Waals surface area contributed by atoms with Gasteiger partial charge in [0.05, 0.1) is 12.2 Å². The fourth-order valence-electron chi connectivity index (χ4n) is 7.87. The van der Waals surface area contributed by atoms with Crippen molar-refractivity contribution in [2.45, 2.75) is 120 Å². The number of nitrogens with zero attached hydrogens (tertiary/aromatic N) is 1. The molecule has 3 aliphatic carbocycles. The zero-order valence-corrected chi connectivity index (χ0v) is 23.6. The lowest BCUT2D eigenvalue weighted by Gasteiger charge is -2.45. The van der Waals surface area contributed by atoms with Gasteiger partial charge in [-0.1, -0.05) is 25.7 Å². The maximum atomic E-state index is 13.6. The molecule has 37 heavy (non-hydrogen) atoms. The normalized spacial score (nSPS) is 34.6. The van der Waals surface area contributed by atoms with Gasteiger partial charge in [0.1, 0.15) is 12.3 Å². The van der Waals surface area contributed by atoms with E-state index >= 15 is 0 Å². The molecule has 5 unspecified atom stereocenters. The summed E-state index contributed by atoms with van der Waals surface area (Å²) in [6, 6.07) is 0. The standard InChI is InChI=1S/C30H52FNO5/c1-34-26-11-7-10-25(29(26)36-3)27(37-30(33)28(35-2)22-8-5-4-6-9-22)23-16-18-32(19-17-23)20-21-12-14-24(31)15-13-21/h21-29H,4-20H2,1-3H3. The first-order valence-corrected chi connectivity index (χ1v) is 15.2. The lowest BCUT2D eigenvalue weighted by Crippen LogP contribution is -2.52. The molecule has 0 amide bonds. The van der Waals surface area contributed by atoms with Gasteiger partial charge in [-0.2, -0.15) is 0 Å². The minimum Gasteiger partial charge on any atom is -0.460 e. The van der Waals surface area contributed by atoms with Crippen molar-refractivity contribution in [3.8, 4) is 0 Å². The number of alkyl halides is 1. The van der Waals surface area contributed by atoms with Crippen LogP contribution in [0.3, 0.4) is 0 Å². The van der Waals surface area contributed by atoms with Crippen molar-refractivity contribution >= 4 is 5.97 Å². The molecule has 4 fully saturated rings. The van der Waals surface area contributed by atoms with E-state index in [-0.39, 0.29) is 36.1 Å². The van der Waals surface area contributed by atoms with E-state index in [0.29, 0.717) is 11.8 Å². The van der Waals surface area contributed by atoms with E-state index in [1.807, 2.05) is 0 Å². The number of methoxy groups -OCH3 is 3. The number of carbonyl (C=O) groups excluding carboxylic acids is 1. The molecule has 0 N–H and O–H groups in total. The Balaban J connectivity index is 1.43. The Kier molecular flexibility index (Phi) is 11.5. The predicted octanol–water partition coefficient (Wildman–Crippen LogP) is 5.56. The summed E-state index contributed by atoms with van der Waals surface area (Å²) in [5.74, 6) is 1.13. The zero-order chi connectivity index (χ0) is 26.2. The molecular formula is C30H52FNO5. The number of piperidine rings is 1. The van der Waals surface area contributed by atoms with Crippen molar-refractivity contribution in [1.29, 1.82) is 0 Å². The number of ether oxygens (including phenoxy) is 4. The van der Waals surface area contributed by atoms with Gasteiger partial charge < -0.3 is 23.8 Å². The number of carbonyl (C=O) groups is 1. The monoisotopic (exact) mass is 525 g/mol. The minimum absolute atomic E-state index is 0.0345. The molecule has 7 heteroatoms. The van der Waals surface area contributed by atoms with Crippen LogP contribution in [0.2, 0.25) is 0 Å². The topological polar surface area (TPSA) is 57.2 Å². The molecule has 0 radical (unpaired) electrons. The molecule has 6 nitrogen and oxygen atoms in total. The summed E-state index contributed by atoms with van der Waals surface area (Å²) < 4.78 is 37.7. The maximum Gasteiger partial charge on any atom is 0.335 e. The quantitative estimate of drug-likeness (QED) is 0.348. The maximum absolute atomic E-state index is 13.6.